The molecule has 2 aromatic rings. The Balaban J connectivity index is 1.46. The van der Waals surface area contributed by atoms with E-state index in [9.17, 15) is 9.90 Å². The largest absolute Gasteiger partial charge is 0.493 e. The lowest BCUT2D eigenvalue weighted by Gasteiger charge is -2.35. The first-order chi connectivity index (χ1) is 14.1. The molecule has 7 nitrogen and oxygen atoms in total. The monoisotopic (exact) mass is 398 g/mol. The Hall–Kier alpha value is -2.80. The Morgan fingerprint density at radius 1 is 1.10 bits per heavy atom. The van der Waals surface area contributed by atoms with Crippen LogP contribution in [0.25, 0.3) is 0 Å². The van der Waals surface area contributed by atoms with Crippen LogP contribution in [-0.2, 0) is 4.74 Å². The van der Waals surface area contributed by atoms with E-state index in [1.807, 2.05) is 24.3 Å². The molecule has 1 N–H and O–H groups in total. The van der Waals surface area contributed by atoms with Crippen molar-refractivity contribution >= 4 is 11.8 Å². The Morgan fingerprint density at radius 3 is 2.55 bits per heavy atom. The Morgan fingerprint density at radius 2 is 1.83 bits per heavy atom. The highest BCUT2D eigenvalue weighted by molar-refractivity contribution is 5.90. The standard InChI is InChI=1S/C22H26N2O5/c1-27-18-5-3-4-6-19(18)29-20-10-16-13-24(12-15(16)9-17(20)25)21-11-14(7-8-23-21)22(26)28-2/h3-8,11,15-17,20,25H,9-10,12-13H2,1-2H3/t15-,16+,17+,20+/m0/s1. The van der Waals surface area contributed by atoms with Crippen LogP contribution in [0.4, 0.5) is 5.82 Å². The van der Waals surface area contributed by atoms with Crippen LogP contribution in [-0.4, -0.2) is 55.6 Å². The van der Waals surface area contributed by atoms with E-state index in [1.165, 1.54) is 7.11 Å². The molecule has 2 fully saturated rings. The highest BCUT2D eigenvalue weighted by Gasteiger charge is 2.43. The van der Waals surface area contributed by atoms with E-state index in [4.69, 9.17) is 14.2 Å². The number of aromatic nitrogens is 1. The van der Waals surface area contributed by atoms with Gasteiger partial charge in [-0.15, -0.1) is 0 Å². The number of carbonyl (C=O) groups is 1. The van der Waals surface area contributed by atoms with E-state index in [0.29, 0.717) is 35.3 Å². The van der Waals surface area contributed by atoms with E-state index in [-0.39, 0.29) is 12.1 Å². The summed E-state index contributed by atoms with van der Waals surface area (Å²) in [5.74, 6) is 2.47. The van der Waals surface area contributed by atoms with Crippen molar-refractivity contribution < 1.29 is 24.1 Å². The fourth-order valence-electron chi connectivity index (χ4n) is 4.42. The second-order valence-corrected chi connectivity index (χ2v) is 7.67. The topological polar surface area (TPSA) is 81.1 Å². The quantitative estimate of drug-likeness (QED) is 0.775. The zero-order valence-electron chi connectivity index (χ0n) is 16.7. The van der Waals surface area contributed by atoms with Gasteiger partial charge in [0, 0.05) is 19.3 Å². The van der Waals surface area contributed by atoms with Gasteiger partial charge in [-0.2, -0.15) is 0 Å². The second-order valence-electron chi connectivity index (χ2n) is 7.67. The number of fused-ring (bicyclic) bond motifs is 1. The molecule has 1 aromatic heterocycles. The summed E-state index contributed by atoms with van der Waals surface area (Å²) in [6.45, 7) is 1.63. The van der Waals surface area contributed by atoms with Gasteiger partial charge in [-0.3, -0.25) is 0 Å². The number of esters is 1. The van der Waals surface area contributed by atoms with Gasteiger partial charge in [-0.1, -0.05) is 12.1 Å². The summed E-state index contributed by atoms with van der Waals surface area (Å²) >= 11 is 0. The van der Waals surface area contributed by atoms with E-state index >= 15 is 0 Å². The highest BCUT2D eigenvalue weighted by atomic mass is 16.5. The van der Waals surface area contributed by atoms with Crippen LogP contribution in [0.2, 0.25) is 0 Å². The van der Waals surface area contributed by atoms with Gasteiger partial charge < -0.3 is 24.2 Å². The first-order valence-electron chi connectivity index (χ1n) is 9.86. The Bertz CT molecular complexity index is 874. The summed E-state index contributed by atoms with van der Waals surface area (Å²) < 4.78 is 16.3. The third-order valence-electron chi connectivity index (χ3n) is 5.92. The molecule has 7 heteroatoms. The van der Waals surface area contributed by atoms with Crippen LogP contribution >= 0.6 is 0 Å². The number of pyridine rings is 1. The number of carbonyl (C=O) groups excluding carboxylic acids is 1. The maximum absolute atomic E-state index is 11.8. The summed E-state index contributed by atoms with van der Waals surface area (Å²) in [6.07, 6.45) is 2.26. The molecular formula is C22H26N2O5. The summed E-state index contributed by atoms with van der Waals surface area (Å²) in [4.78, 5) is 18.4. The highest BCUT2D eigenvalue weighted by Crippen LogP contribution is 2.40. The second kappa shape index (κ2) is 8.29. The third kappa shape index (κ3) is 4.00. The number of rotatable bonds is 5. The number of ether oxygens (including phenoxy) is 3. The smallest absolute Gasteiger partial charge is 0.338 e. The van der Waals surface area contributed by atoms with Gasteiger partial charge in [-0.05, 0) is 48.9 Å². The summed E-state index contributed by atoms with van der Waals surface area (Å²) in [6, 6.07) is 10.9. The van der Waals surface area contributed by atoms with Gasteiger partial charge in [0.1, 0.15) is 11.9 Å². The van der Waals surface area contributed by atoms with E-state index in [1.54, 1.807) is 25.4 Å². The molecule has 29 heavy (non-hydrogen) atoms. The van der Waals surface area contributed by atoms with E-state index in [0.717, 1.165) is 25.3 Å². The molecule has 0 radical (unpaired) electrons. The number of nitrogens with zero attached hydrogens (tertiary/aromatic N) is 2. The average molecular weight is 398 g/mol. The van der Waals surface area contributed by atoms with Gasteiger partial charge in [0.05, 0.1) is 25.9 Å². The molecule has 1 aliphatic heterocycles. The number of hydrogen-bond acceptors (Lipinski definition) is 7. The lowest BCUT2D eigenvalue weighted by atomic mass is 9.78. The Labute approximate surface area is 170 Å². The SMILES string of the molecule is COC(=O)c1ccnc(N2C[C@H]3C[C@@H](Oc4ccccc4OC)[C@H](O)C[C@H]3C2)c1. The van der Waals surface area contributed by atoms with Crippen LogP contribution in [0.5, 0.6) is 11.5 Å². The first kappa shape index (κ1) is 19.5. The summed E-state index contributed by atoms with van der Waals surface area (Å²) in [7, 11) is 2.98. The van der Waals surface area contributed by atoms with E-state index < -0.39 is 6.10 Å². The molecule has 2 aliphatic rings. The van der Waals surface area contributed by atoms with Crippen molar-refractivity contribution in [2.45, 2.75) is 25.0 Å². The van der Waals surface area contributed by atoms with Gasteiger partial charge in [0.15, 0.2) is 11.5 Å². The van der Waals surface area contributed by atoms with Crippen molar-refractivity contribution in [1.29, 1.82) is 0 Å². The molecular weight excluding hydrogens is 372 g/mol. The number of benzene rings is 1. The average Bonchev–Trinajstić information content (AvgIpc) is 3.16. The summed E-state index contributed by atoms with van der Waals surface area (Å²) in [5.41, 5.74) is 0.491. The minimum absolute atomic E-state index is 0.276. The summed E-state index contributed by atoms with van der Waals surface area (Å²) in [5, 5.41) is 10.7. The van der Waals surface area contributed by atoms with Gasteiger partial charge in [0.25, 0.3) is 0 Å². The minimum Gasteiger partial charge on any atom is -0.493 e. The minimum atomic E-state index is -0.532. The lowest BCUT2D eigenvalue weighted by Crippen LogP contribution is -2.42. The predicted octanol–water partition coefficient (Wildman–Crippen LogP) is 2.53. The van der Waals surface area contributed by atoms with Crippen LogP contribution in [0, 0.1) is 11.8 Å². The molecule has 2 heterocycles. The number of anilines is 1. The molecule has 0 unspecified atom stereocenters. The number of methoxy groups -OCH3 is 2. The van der Waals surface area contributed by atoms with Crippen molar-refractivity contribution in [2.75, 3.05) is 32.2 Å². The third-order valence-corrected chi connectivity index (χ3v) is 5.92. The molecule has 0 amide bonds. The zero-order chi connectivity index (χ0) is 20.4. The predicted molar refractivity (Wildman–Crippen MR) is 107 cm³/mol. The van der Waals surface area contributed by atoms with Gasteiger partial charge >= 0.3 is 5.97 Å². The first-order valence-corrected chi connectivity index (χ1v) is 9.86. The number of hydrogen-bond donors (Lipinski definition) is 1. The molecule has 154 valence electrons. The number of aliphatic hydroxyl groups excluding tert-OH is 1. The van der Waals surface area contributed by atoms with Crippen LogP contribution in [0.15, 0.2) is 42.6 Å². The maximum atomic E-state index is 11.8. The van der Waals surface area contributed by atoms with Gasteiger partial charge in [-0.25, -0.2) is 9.78 Å². The zero-order valence-corrected chi connectivity index (χ0v) is 16.7. The Kier molecular flexibility index (Phi) is 5.58. The van der Waals surface area contributed by atoms with Crippen LogP contribution < -0.4 is 14.4 Å². The van der Waals surface area contributed by atoms with Crippen LogP contribution in [0.1, 0.15) is 23.2 Å². The van der Waals surface area contributed by atoms with Gasteiger partial charge in [0.2, 0.25) is 0 Å². The molecule has 1 aromatic carbocycles. The molecule has 1 aliphatic carbocycles. The molecule has 1 saturated heterocycles. The number of aliphatic hydroxyl groups is 1. The van der Waals surface area contributed by atoms with Crippen molar-refractivity contribution in [3.63, 3.8) is 0 Å². The fourth-order valence-corrected chi connectivity index (χ4v) is 4.42. The molecule has 0 bridgehead atoms. The van der Waals surface area contributed by atoms with Crippen LogP contribution in [0.3, 0.4) is 0 Å². The number of para-hydroxylation sites is 2. The molecule has 1 saturated carbocycles. The van der Waals surface area contributed by atoms with Crippen molar-refractivity contribution in [3.05, 3.63) is 48.2 Å². The maximum Gasteiger partial charge on any atom is 0.338 e. The molecule has 4 rings (SSSR count). The van der Waals surface area contributed by atoms with Crippen molar-refractivity contribution in [2.24, 2.45) is 11.8 Å². The lowest BCUT2D eigenvalue weighted by molar-refractivity contribution is -0.0240. The van der Waals surface area contributed by atoms with Crippen molar-refractivity contribution in [3.8, 4) is 11.5 Å². The van der Waals surface area contributed by atoms with Crippen molar-refractivity contribution in [1.82, 2.24) is 4.98 Å². The van der Waals surface area contributed by atoms with E-state index in [2.05, 4.69) is 9.88 Å². The fraction of sp³-hybridized carbons (Fsp3) is 0.455. The molecule has 0 spiro atoms. The normalized spacial score (nSPS) is 26.0. The molecule has 4 atom stereocenters.